The van der Waals surface area contributed by atoms with Gasteiger partial charge in [-0.1, -0.05) is 5.57 Å². The van der Waals surface area contributed by atoms with Crippen molar-refractivity contribution in [2.45, 2.75) is 52.6 Å². The van der Waals surface area contributed by atoms with Crippen LogP contribution >= 0.6 is 0 Å². The van der Waals surface area contributed by atoms with E-state index in [0.717, 1.165) is 24.0 Å². The van der Waals surface area contributed by atoms with Crippen molar-refractivity contribution in [1.29, 1.82) is 0 Å². The predicted molar refractivity (Wildman–Crippen MR) is 57.4 cm³/mol. The number of esters is 1. The number of cyclic esters (lactones) is 1. The molecule has 1 aliphatic rings. The van der Waals surface area contributed by atoms with Crippen molar-refractivity contribution >= 4 is 11.8 Å². The first-order valence-corrected chi connectivity index (χ1v) is 5.36. The molecule has 0 aliphatic carbocycles. The summed E-state index contributed by atoms with van der Waals surface area (Å²) in [5.41, 5.74) is 2.28. The lowest BCUT2D eigenvalue weighted by Gasteiger charge is -2.15. The largest absolute Gasteiger partial charge is 0.458 e. The highest BCUT2D eigenvalue weighted by Crippen LogP contribution is 2.26. The molecule has 0 amide bonds. The van der Waals surface area contributed by atoms with Crippen molar-refractivity contribution in [3.63, 3.8) is 0 Å². The van der Waals surface area contributed by atoms with Gasteiger partial charge in [-0.25, -0.2) is 0 Å². The van der Waals surface area contributed by atoms with Gasteiger partial charge in [0.1, 0.15) is 11.9 Å². The number of rotatable bonds is 4. The van der Waals surface area contributed by atoms with E-state index in [-0.39, 0.29) is 17.9 Å². The molecule has 1 fully saturated rings. The van der Waals surface area contributed by atoms with E-state index in [2.05, 4.69) is 0 Å². The minimum Gasteiger partial charge on any atom is -0.458 e. The predicted octanol–water partition coefficient (Wildman–Crippen LogP) is 2.40. The van der Waals surface area contributed by atoms with Gasteiger partial charge in [0, 0.05) is 12.8 Å². The third-order valence-corrected chi connectivity index (χ3v) is 2.66. The van der Waals surface area contributed by atoms with Gasteiger partial charge in [-0.2, -0.15) is 0 Å². The number of carbonyl (C=O) groups is 2. The summed E-state index contributed by atoms with van der Waals surface area (Å²) < 4.78 is 5.21. The molecular weight excluding hydrogens is 192 g/mol. The molecule has 3 nitrogen and oxygen atoms in total. The third-order valence-electron chi connectivity index (χ3n) is 2.66. The molecule has 0 bridgehead atoms. The first-order valence-electron chi connectivity index (χ1n) is 5.36. The lowest BCUT2D eigenvalue weighted by Crippen LogP contribution is -2.12. The van der Waals surface area contributed by atoms with E-state index in [0.29, 0.717) is 12.8 Å². The average Bonchev–Trinajstić information content (AvgIpc) is 2.51. The minimum atomic E-state index is -0.124. The molecule has 0 aromatic heterocycles. The van der Waals surface area contributed by atoms with Crippen LogP contribution in [0.2, 0.25) is 0 Å². The van der Waals surface area contributed by atoms with Gasteiger partial charge in [0.15, 0.2) is 0 Å². The van der Waals surface area contributed by atoms with E-state index >= 15 is 0 Å². The summed E-state index contributed by atoms with van der Waals surface area (Å²) in [5, 5.41) is 0. The molecule has 0 aromatic rings. The van der Waals surface area contributed by atoms with E-state index in [1.54, 1.807) is 6.92 Å². The summed E-state index contributed by atoms with van der Waals surface area (Å²) in [4.78, 5) is 21.9. The summed E-state index contributed by atoms with van der Waals surface area (Å²) in [6.07, 6.45) is 2.44. The Morgan fingerprint density at radius 3 is 2.40 bits per heavy atom. The van der Waals surface area contributed by atoms with E-state index in [1.807, 2.05) is 13.8 Å². The Hall–Kier alpha value is -1.12. The zero-order valence-corrected chi connectivity index (χ0v) is 9.63. The van der Waals surface area contributed by atoms with Gasteiger partial charge in [0.25, 0.3) is 0 Å². The van der Waals surface area contributed by atoms with Crippen LogP contribution in [-0.4, -0.2) is 17.9 Å². The molecule has 1 heterocycles. The Morgan fingerprint density at radius 1 is 1.33 bits per heavy atom. The van der Waals surface area contributed by atoms with Gasteiger partial charge >= 0.3 is 5.97 Å². The lowest BCUT2D eigenvalue weighted by atomic mass is 9.97. The first kappa shape index (κ1) is 12.0. The molecule has 1 aliphatic heterocycles. The van der Waals surface area contributed by atoms with Crippen LogP contribution in [0.1, 0.15) is 46.5 Å². The molecule has 0 N–H and O–H groups in total. The van der Waals surface area contributed by atoms with Crippen molar-refractivity contribution in [2.75, 3.05) is 0 Å². The van der Waals surface area contributed by atoms with Crippen LogP contribution in [0.15, 0.2) is 11.1 Å². The molecule has 1 atom stereocenters. The maximum atomic E-state index is 11.0. The second kappa shape index (κ2) is 5.10. The molecule has 0 aromatic carbocycles. The highest BCUT2D eigenvalue weighted by molar-refractivity contribution is 5.76. The first-order chi connectivity index (χ1) is 7.00. The van der Waals surface area contributed by atoms with E-state index in [9.17, 15) is 9.59 Å². The smallest absolute Gasteiger partial charge is 0.306 e. The van der Waals surface area contributed by atoms with Gasteiger partial charge in [-0.3, -0.25) is 4.79 Å². The number of hydrogen-bond donors (Lipinski definition) is 0. The van der Waals surface area contributed by atoms with Crippen LogP contribution < -0.4 is 0 Å². The molecule has 84 valence electrons. The average molecular weight is 210 g/mol. The Bertz CT molecular complexity index is 298. The Morgan fingerprint density at radius 2 is 2.00 bits per heavy atom. The standard InChI is InChI=1S/C12H18O3/c1-8(2)10(5-4-9(3)13)11-6-7-12(14)15-11/h11H,4-7H2,1-3H3. The highest BCUT2D eigenvalue weighted by Gasteiger charge is 2.27. The molecular formula is C12H18O3. The van der Waals surface area contributed by atoms with Gasteiger partial charge in [0.05, 0.1) is 0 Å². The van der Waals surface area contributed by atoms with Gasteiger partial charge in [0.2, 0.25) is 0 Å². The van der Waals surface area contributed by atoms with Crippen molar-refractivity contribution in [1.82, 2.24) is 0 Å². The SMILES string of the molecule is CC(=O)CCC(=C(C)C)C1CCC(=O)O1. The third kappa shape index (κ3) is 3.50. The molecule has 0 radical (unpaired) electrons. The highest BCUT2D eigenvalue weighted by atomic mass is 16.5. The lowest BCUT2D eigenvalue weighted by molar-refractivity contribution is -0.140. The van der Waals surface area contributed by atoms with Crippen LogP contribution in [0.25, 0.3) is 0 Å². The second-order valence-electron chi connectivity index (χ2n) is 4.24. The number of ketones is 1. The zero-order valence-electron chi connectivity index (χ0n) is 9.63. The maximum absolute atomic E-state index is 11.0. The molecule has 15 heavy (non-hydrogen) atoms. The number of carbonyl (C=O) groups excluding carboxylic acids is 2. The number of Topliss-reactive ketones (excluding diaryl/α,β-unsaturated/α-hetero) is 1. The summed E-state index contributed by atoms with van der Waals surface area (Å²) in [6.45, 7) is 5.59. The van der Waals surface area contributed by atoms with Gasteiger partial charge in [-0.05, 0) is 39.2 Å². The molecule has 1 rings (SSSR count). The van der Waals surface area contributed by atoms with Gasteiger partial charge < -0.3 is 9.53 Å². The number of hydrogen-bond acceptors (Lipinski definition) is 3. The fourth-order valence-corrected chi connectivity index (χ4v) is 1.81. The van der Waals surface area contributed by atoms with Gasteiger partial charge in [-0.15, -0.1) is 0 Å². The van der Waals surface area contributed by atoms with Crippen LogP contribution in [-0.2, 0) is 14.3 Å². The molecule has 0 saturated carbocycles. The Balaban J connectivity index is 2.63. The summed E-state index contributed by atoms with van der Waals surface area (Å²) in [5.74, 6) is 0.0552. The van der Waals surface area contributed by atoms with Crippen molar-refractivity contribution in [3.8, 4) is 0 Å². The number of ether oxygens (including phenoxy) is 1. The summed E-state index contributed by atoms with van der Waals surface area (Å²) in [6, 6.07) is 0. The van der Waals surface area contributed by atoms with Crippen molar-refractivity contribution < 1.29 is 14.3 Å². The van der Waals surface area contributed by atoms with Crippen molar-refractivity contribution in [3.05, 3.63) is 11.1 Å². The maximum Gasteiger partial charge on any atom is 0.306 e. The molecule has 1 unspecified atom stereocenters. The molecule has 0 spiro atoms. The fraction of sp³-hybridized carbons (Fsp3) is 0.667. The Kier molecular flexibility index (Phi) is 4.06. The molecule has 3 heteroatoms. The Labute approximate surface area is 90.5 Å². The van der Waals surface area contributed by atoms with Crippen LogP contribution in [0.3, 0.4) is 0 Å². The normalized spacial score (nSPS) is 19.9. The van der Waals surface area contributed by atoms with E-state index < -0.39 is 0 Å². The zero-order chi connectivity index (χ0) is 11.4. The topological polar surface area (TPSA) is 43.4 Å². The fourth-order valence-electron chi connectivity index (χ4n) is 1.81. The van der Waals surface area contributed by atoms with Crippen molar-refractivity contribution in [2.24, 2.45) is 0 Å². The monoisotopic (exact) mass is 210 g/mol. The van der Waals surface area contributed by atoms with E-state index in [1.165, 1.54) is 0 Å². The summed E-state index contributed by atoms with van der Waals surface area (Å²) >= 11 is 0. The summed E-state index contributed by atoms with van der Waals surface area (Å²) in [7, 11) is 0. The number of allylic oxidation sites excluding steroid dienone is 1. The van der Waals surface area contributed by atoms with Crippen LogP contribution in [0.4, 0.5) is 0 Å². The second-order valence-corrected chi connectivity index (χ2v) is 4.24. The minimum absolute atomic E-state index is 0.0816. The molecule has 1 saturated heterocycles. The van der Waals surface area contributed by atoms with Crippen LogP contribution in [0.5, 0.6) is 0 Å². The van der Waals surface area contributed by atoms with E-state index in [4.69, 9.17) is 4.74 Å². The van der Waals surface area contributed by atoms with Crippen LogP contribution in [0, 0.1) is 0 Å². The quantitative estimate of drug-likeness (QED) is 0.528.